The van der Waals surface area contributed by atoms with E-state index in [0.29, 0.717) is 5.92 Å². The maximum Gasteiger partial charge on any atom is 0.135 e. The first-order chi connectivity index (χ1) is 24.6. The summed E-state index contributed by atoms with van der Waals surface area (Å²) < 4.78 is 11.6. The number of ether oxygens (including phenoxy) is 1. The summed E-state index contributed by atoms with van der Waals surface area (Å²) in [6.45, 7) is 7.20. The van der Waals surface area contributed by atoms with E-state index in [1.807, 2.05) is 48.5 Å². The Balaban J connectivity index is 0.000000127. The first-order valence-electron chi connectivity index (χ1n) is 17.0. The third-order valence-corrected chi connectivity index (χ3v) is 8.80. The zero-order valence-electron chi connectivity index (χ0n) is 28.6. The van der Waals surface area contributed by atoms with Crippen LogP contribution in [-0.4, -0.2) is 12.8 Å². The molecule has 4 heteroatoms. The number of hydrogen-bond donors (Lipinski definition) is 1. The van der Waals surface area contributed by atoms with Crippen LogP contribution in [0, 0.1) is 6.92 Å². The monoisotopic (exact) mass is 654 g/mol. The molecule has 2 heterocycles. The fourth-order valence-electron chi connectivity index (χ4n) is 6.35. The van der Waals surface area contributed by atoms with Crippen molar-refractivity contribution >= 4 is 28.7 Å². The van der Waals surface area contributed by atoms with E-state index in [4.69, 9.17) is 9.15 Å². The van der Waals surface area contributed by atoms with Crippen molar-refractivity contribution in [3.05, 3.63) is 187 Å². The van der Waals surface area contributed by atoms with E-state index in [-0.39, 0.29) is 6.10 Å². The third-order valence-electron chi connectivity index (χ3n) is 8.80. The molecule has 248 valence electrons. The van der Waals surface area contributed by atoms with Gasteiger partial charge in [0.25, 0.3) is 0 Å². The van der Waals surface area contributed by atoms with Gasteiger partial charge in [-0.15, -0.1) is 0 Å². The SMILES string of the molecule is C=NN.CCC1=CC2Oc3ccccc3C2C=C1.Cc1cccc(-c2cccc(-c3ccccc3)c2)c1.c1ccc2c(c1)oc1ccccc12. The van der Waals surface area contributed by atoms with Crippen LogP contribution in [0.5, 0.6) is 5.75 Å². The smallest absolute Gasteiger partial charge is 0.135 e. The van der Waals surface area contributed by atoms with E-state index in [2.05, 4.69) is 153 Å². The molecule has 0 bridgehead atoms. The predicted molar refractivity (Wildman–Crippen MR) is 211 cm³/mol. The van der Waals surface area contributed by atoms with Gasteiger partial charge in [-0.3, -0.25) is 0 Å². The average Bonchev–Trinajstić information content (AvgIpc) is 3.74. The van der Waals surface area contributed by atoms with E-state index < -0.39 is 0 Å². The van der Waals surface area contributed by atoms with Crippen LogP contribution < -0.4 is 10.6 Å². The number of hydrogen-bond acceptors (Lipinski definition) is 4. The summed E-state index contributed by atoms with van der Waals surface area (Å²) in [6.07, 6.45) is 8.06. The Labute approximate surface area is 294 Å². The summed E-state index contributed by atoms with van der Waals surface area (Å²) in [5, 5.41) is 5.14. The van der Waals surface area contributed by atoms with Gasteiger partial charge in [-0.25, -0.2) is 0 Å². The highest BCUT2D eigenvalue weighted by molar-refractivity contribution is 6.04. The van der Waals surface area contributed by atoms with Gasteiger partial charge < -0.3 is 15.0 Å². The predicted octanol–water partition coefficient (Wildman–Crippen LogP) is 11.9. The standard InChI is InChI=1S/C19H16.C14H14O.C12H8O.CH4N2/c1-15-7-5-10-17(13-15)19-12-6-11-18(14-19)16-8-3-2-4-9-16;1-2-10-7-8-12-11-5-3-4-6-13(11)15-14(12)9-10;1-3-7-11-9(5-1)10-6-2-4-8-12(10)13-11;1-3-2/h2-14H,1H3;3-9,12,14H,2H2,1H3;1-8H;1-2H2. The Bertz CT molecular complexity index is 2200. The van der Waals surface area contributed by atoms with Crippen molar-refractivity contribution < 1.29 is 9.15 Å². The normalized spacial score (nSPS) is 15.0. The lowest BCUT2D eigenvalue weighted by Gasteiger charge is -2.17. The van der Waals surface area contributed by atoms with Crippen LogP contribution in [0.1, 0.15) is 30.4 Å². The largest absolute Gasteiger partial charge is 0.485 e. The zero-order valence-corrected chi connectivity index (χ0v) is 28.6. The van der Waals surface area contributed by atoms with E-state index in [0.717, 1.165) is 23.3 Å². The lowest BCUT2D eigenvalue weighted by Crippen LogP contribution is -2.17. The molecule has 0 saturated carbocycles. The molecule has 1 aliphatic carbocycles. The van der Waals surface area contributed by atoms with E-state index in [9.17, 15) is 0 Å². The Morgan fingerprint density at radius 3 is 1.84 bits per heavy atom. The molecule has 9 rings (SSSR count). The maximum atomic E-state index is 5.92. The van der Waals surface area contributed by atoms with Gasteiger partial charge in [0.1, 0.15) is 23.0 Å². The average molecular weight is 655 g/mol. The molecule has 7 aromatic rings. The highest BCUT2D eigenvalue weighted by atomic mass is 16.5. The van der Waals surface area contributed by atoms with Crippen molar-refractivity contribution in [2.24, 2.45) is 10.9 Å². The molecule has 2 aliphatic rings. The molecule has 4 nitrogen and oxygen atoms in total. The molecule has 2 N–H and O–H groups in total. The molecule has 2 unspecified atom stereocenters. The fourth-order valence-corrected chi connectivity index (χ4v) is 6.35. The second-order valence-electron chi connectivity index (χ2n) is 12.2. The van der Waals surface area contributed by atoms with Crippen molar-refractivity contribution in [1.29, 1.82) is 0 Å². The Morgan fingerprint density at radius 1 is 0.640 bits per heavy atom. The number of nitrogens with zero attached hydrogens (tertiary/aromatic N) is 1. The first kappa shape index (κ1) is 33.8. The highest BCUT2D eigenvalue weighted by Gasteiger charge is 2.32. The Kier molecular flexibility index (Phi) is 11.0. The minimum absolute atomic E-state index is 0.224. The first-order valence-corrected chi connectivity index (χ1v) is 17.0. The Morgan fingerprint density at radius 2 is 1.18 bits per heavy atom. The van der Waals surface area contributed by atoms with Crippen LogP contribution in [-0.2, 0) is 0 Å². The number of aryl methyl sites for hydroxylation is 1. The van der Waals surface area contributed by atoms with Crippen molar-refractivity contribution in [2.75, 3.05) is 0 Å². The van der Waals surface area contributed by atoms with Crippen LogP contribution in [0.3, 0.4) is 0 Å². The van der Waals surface area contributed by atoms with Gasteiger partial charge in [0.2, 0.25) is 0 Å². The summed E-state index contributed by atoms with van der Waals surface area (Å²) >= 11 is 0. The van der Waals surface area contributed by atoms with Crippen LogP contribution in [0.25, 0.3) is 44.2 Å². The fraction of sp³-hybridized carbons (Fsp3) is 0.109. The summed E-state index contributed by atoms with van der Waals surface area (Å²) in [5.74, 6) is 5.84. The van der Waals surface area contributed by atoms with Crippen molar-refractivity contribution in [3.63, 3.8) is 0 Å². The molecule has 0 saturated heterocycles. The van der Waals surface area contributed by atoms with Gasteiger partial charge in [0.05, 0.1) is 0 Å². The van der Waals surface area contributed by atoms with Crippen LogP contribution >= 0.6 is 0 Å². The number of fused-ring (bicyclic) bond motifs is 6. The number of allylic oxidation sites excluding steroid dienone is 2. The summed E-state index contributed by atoms with van der Waals surface area (Å²) in [7, 11) is 0. The molecule has 0 spiro atoms. The number of rotatable bonds is 3. The minimum atomic E-state index is 0.224. The lowest BCUT2D eigenvalue weighted by molar-refractivity contribution is 0.267. The second-order valence-corrected chi connectivity index (χ2v) is 12.2. The molecule has 6 aromatic carbocycles. The molecule has 0 radical (unpaired) electrons. The molecule has 2 atom stereocenters. The van der Waals surface area contributed by atoms with Gasteiger partial charge in [-0.2, -0.15) is 5.10 Å². The van der Waals surface area contributed by atoms with Crippen molar-refractivity contribution in [1.82, 2.24) is 0 Å². The quantitative estimate of drug-likeness (QED) is 0.117. The minimum Gasteiger partial charge on any atom is -0.485 e. The maximum absolute atomic E-state index is 5.92. The highest BCUT2D eigenvalue weighted by Crippen LogP contribution is 2.42. The molecular formula is C46H42N2O2. The van der Waals surface area contributed by atoms with Gasteiger partial charge in [0, 0.05) is 29.0 Å². The second kappa shape index (κ2) is 16.3. The number of para-hydroxylation sites is 3. The Hall–Kier alpha value is -6.13. The summed E-state index contributed by atoms with van der Waals surface area (Å²) in [5.41, 5.74) is 11.0. The van der Waals surface area contributed by atoms with Crippen molar-refractivity contribution in [3.8, 4) is 28.0 Å². The number of nitrogens with two attached hydrogens (primary N) is 1. The molecule has 50 heavy (non-hydrogen) atoms. The van der Waals surface area contributed by atoms with Crippen LogP contribution in [0.4, 0.5) is 0 Å². The van der Waals surface area contributed by atoms with Gasteiger partial charge in [-0.1, -0.05) is 152 Å². The van der Waals surface area contributed by atoms with Gasteiger partial charge in [0.15, 0.2) is 0 Å². The molecular weight excluding hydrogens is 613 g/mol. The van der Waals surface area contributed by atoms with Crippen LogP contribution in [0.2, 0.25) is 0 Å². The van der Waals surface area contributed by atoms with E-state index in [1.165, 1.54) is 49.7 Å². The molecule has 1 aliphatic heterocycles. The lowest BCUT2D eigenvalue weighted by atomic mass is 9.89. The number of hydrazone groups is 1. The van der Waals surface area contributed by atoms with E-state index >= 15 is 0 Å². The number of benzene rings is 6. The summed E-state index contributed by atoms with van der Waals surface area (Å²) in [6, 6.07) is 52.4. The zero-order chi connectivity index (χ0) is 34.7. The number of furan rings is 1. The third kappa shape index (κ3) is 7.94. The van der Waals surface area contributed by atoms with Gasteiger partial charge >= 0.3 is 0 Å². The molecule has 0 fully saturated rings. The molecule has 1 aromatic heterocycles. The van der Waals surface area contributed by atoms with Crippen LogP contribution in [0.15, 0.2) is 185 Å². The van der Waals surface area contributed by atoms with Crippen molar-refractivity contribution in [2.45, 2.75) is 32.3 Å². The van der Waals surface area contributed by atoms with Gasteiger partial charge in [-0.05, 0) is 71.5 Å². The van der Waals surface area contributed by atoms with E-state index in [1.54, 1.807) is 0 Å². The topological polar surface area (TPSA) is 60.8 Å². The summed E-state index contributed by atoms with van der Waals surface area (Å²) in [4.78, 5) is 0. The molecule has 0 amide bonds.